The van der Waals surface area contributed by atoms with Gasteiger partial charge in [-0.15, -0.1) is 0 Å². The van der Waals surface area contributed by atoms with Crippen LogP contribution in [0, 0.1) is 0 Å². The van der Waals surface area contributed by atoms with Crippen molar-refractivity contribution in [2.24, 2.45) is 12.8 Å². The summed E-state index contributed by atoms with van der Waals surface area (Å²) in [6, 6.07) is 0.419. The molecule has 5 nitrogen and oxygen atoms in total. The van der Waals surface area contributed by atoms with Crippen LogP contribution in [0.2, 0.25) is 0 Å². The zero-order valence-corrected chi connectivity index (χ0v) is 8.64. The molecule has 0 aromatic carbocycles. The van der Waals surface area contributed by atoms with Gasteiger partial charge in [0, 0.05) is 32.4 Å². The number of nitrogens with two attached hydrogens (primary N) is 1. The highest BCUT2D eigenvalue weighted by molar-refractivity contribution is 5.45. The monoisotopic (exact) mass is 195 g/mol. The third-order valence-electron chi connectivity index (χ3n) is 2.61. The van der Waals surface area contributed by atoms with Gasteiger partial charge in [0.2, 0.25) is 0 Å². The molecule has 1 aromatic heterocycles. The molecule has 2 rings (SSSR count). The lowest BCUT2D eigenvalue weighted by atomic mass is 10.2. The van der Waals surface area contributed by atoms with Gasteiger partial charge in [-0.1, -0.05) is 0 Å². The Morgan fingerprint density at radius 3 is 2.93 bits per heavy atom. The van der Waals surface area contributed by atoms with E-state index in [1.807, 2.05) is 19.4 Å². The SMILES string of the molecule is C[C@H]1CNCC(N)N1c1cnn(C)c1. The number of hydrogen-bond donors (Lipinski definition) is 2. The summed E-state index contributed by atoms with van der Waals surface area (Å²) in [5.74, 6) is 0. The summed E-state index contributed by atoms with van der Waals surface area (Å²) >= 11 is 0. The third-order valence-corrected chi connectivity index (χ3v) is 2.61. The second-order valence-corrected chi connectivity index (χ2v) is 3.85. The van der Waals surface area contributed by atoms with E-state index in [0.717, 1.165) is 18.8 Å². The van der Waals surface area contributed by atoms with Crippen molar-refractivity contribution >= 4 is 5.69 Å². The minimum absolute atomic E-state index is 0.0444. The van der Waals surface area contributed by atoms with Gasteiger partial charge in [0.1, 0.15) is 0 Å². The Hall–Kier alpha value is -1.07. The van der Waals surface area contributed by atoms with E-state index in [-0.39, 0.29) is 6.17 Å². The molecule has 14 heavy (non-hydrogen) atoms. The first-order valence-corrected chi connectivity index (χ1v) is 4.92. The normalized spacial score (nSPS) is 28.1. The molecule has 1 saturated heterocycles. The van der Waals surface area contributed by atoms with E-state index in [9.17, 15) is 0 Å². The highest BCUT2D eigenvalue weighted by atomic mass is 15.3. The van der Waals surface area contributed by atoms with Crippen LogP contribution in [0.15, 0.2) is 12.4 Å². The molecule has 1 aromatic rings. The number of anilines is 1. The van der Waals surface area contributed by atoms with Crippen LogP contribution >= 0.6 is 0 Å². The van der Waals surface area contributed by atoms with Gasteiger partial charge >= 0.3 is 0 Å². The molecule has 0 aliphatic carbocycles. The fraction of sp³-hybridized carbons (Fsp3) is 0.667. The van der Waals surface area contributed by atoms with Crippen LogP contribution in [-0.4, -0.2) is 35.1 Å². The van der Waals surface area contributed by atoms with E-state index in [4.69, 9.17) is 5.73 Å². The molecule has 2 atom stereocenters. The molecule has 2 heterocycles. The van der Waals surface area contributed by atoms with Crippen LogP contribution in [0.1, 0.15) is 6.92 Å². The van der Waals surface area contributed by atoms with Crippen molar-refractivity contribution in [3.63, 3.8) is 0 Å². The quantitative estimate of drug-likeness (QED) is 0.634. The lowest BCUT2D eigenvalue weighted by molar-refractivity contribution is 0.421. The van der Waals surface area contributed by atoms with Gasteiger partial charge in [0.15, 0.2) is 0 Å². The van der Waals surface area contributed by atoms with Gasteiger partial charge < -0.3 is 16.0 Å². The molecule has 1 aliphatic heterocycles. The molecule has 0 spiro atoms. The van der Waals surface area contributed by atoms with Crippen LogP contribution in [0.3, 0.4) is 0 Å². The summed E-state index contributed by atoms with van der Waals surface area (Å²) in [5, 5.41) is 7.46. The highest BCUT2D eigenvalue weighted by Gasteiger charge is 2.25. The van der Waals surface area contributed by atoms with Gasteiger partial charge in [-0.05, 0) is 6.92 Å². The van der Waals surface area contributed by atoms with Crippen LogP contribution in [-0.2, 0) is 7.05 Å². The van der Waals surface area contributed by atoms with E-state index in [2.05, 4.69) is 22.2 Å². The summed E-state index contributed by atoms with van der Waals surface area (Å²) < 4.78 is 1.80. The number of hydrogen-bond acceptors (Lipinski definition) is 4. The minimum atomic E-state index is 0.0444. The van der Waals surface area contributed by atoms with Gasteiger partial charge in [-0.2, -0.15) is 5.10 Å². The maximum Gasteiger partial charge on any atom is 0.0901 e. The first-order chi connectivity index (χ1) is 6.68. The zero-order valence-electron chi connectivity index (χ0n) is 8.64. The van der Waals surface area contributed by atoms with Gasteiger partial charge in [-0.25, -0.2) is 0 Å². The zero-order chi connectivity index (χ0) is 10.1. The van der Waals surface area contributed by atoms with Crippen LogP contribution in [0.4, 0.5) is 5.69 Å². The van der Waals surface area contributed by atoms with Crippen molar-refractivity contribution in [2.75, 3.05) is 18.0 Å². The second-order valence-electron chi connectivity index (χ2n) is 3.85. The summed E-state index contributed by atoms with van der Waals surface area (Å²) in [6.07, 6.45) is 3.91. The van der Waals surface area contributed by atoms with E-state index in [0.29, 0.717) is 6.04 Å². The predicted octanol–water partition coefficient (Wildman–Crippen LogP) is -0.497. The standard InChI is InChI=1S/C9H17N5/c1-7-3-11-5-9(10)14(7)8-4-12-13(2)6-8/h4,6-7,9,11H,3,5,10H2,1-2H3/t7-,9?/m0/s1. The largest absolute Gasteiger partial charge is 0.348 e. The molecule has 78 valence electrons. The summed E-state index contributed by atoms with van der Waals surface area (Å²) in [6.45, 7) is 3.97. The first-order valence-electron chi connectivity index (χ1n) is 4.92. The fourth-order valence-corrected chi connectivity index (χ4v) is 1.95. The number of rotatable bonds is 1. The Balaban J connectivity index is 2.22. The maximum atomic E-state index is 6.04. The molecule has 0 amide bonds. The molecular formula is C9H17N5. The molecule has 3 N–H and O–H groups in total. The average Bonchev–Trinajstić information content (AvgIpc) is 2.51. The van der Waals surface area contributed by atoms with Gasteiger partial charge in [-0.3, -0.25) is 4.68 Å². The molecule has 1 fully saturated rings. The van der Waals surface area contributed by atoms with Crippen molar-refractivity contribution in [3.8, 4) is 0 Å². The Morgan fingerprint density at radius 1 is 1.57 bits per heavy atom. The molecule has 0 saturated carbocycles. The summed E-state index contributed by atoms with van der Waals surface area (Å²) in [5.41, 5.74) is 7.14. The lowest BCUT2D eigenvalue weighted by Crippen LogP contribution is -2.60. The second kappa shape index (κ2) is 3.59. The van der Waals surface area contributed by atoms with Crippen LogP contribution < -0.4 is 16.0 Å². The van der Waals surface area contributed by atoms with Crippen LogP contribution in [0.5, 0.6) is 0 Å². The van der Waals surface area contributed by atoms with E-state index >= 15 is 0 Å². The number of piperazine rings is 1. The number of nitrogens with zero attached hydrogens (tertiary/aromatic N) is 3. The molecule has 0 bridgehead atoms. The van der Waals surface area contributed by atoms with E-state index in [1.165, 1.54) is 0 Å². The Bertz CT molecular complexity index is 298. The van der Waals surface area contributed by atoms with Crippen molar-refractivity contribution in [3.05, 3.63) is 12.4 Å². The Labute approximate surface area is 83.9 Å². The molecule has 1 aliphatic rings. The van der Waals surface area contributed by atoms with Crippen molar-refractivity contribution in [1.82, 2.24) is 15.1 Å². The minimum Gasteiger partial charge on any atom is -0.348 e. The average molecular weight is 195 g/mol. The third kappa shape index (κ3) is 1.60. The Kier molecular flexibility index (Phi) is 2.43. The highest BCUT2D eigenvalue weighted by Crippen LogP contribution is 2.18. The molecule has 1 unspecified atom stereocenters. The van der Waals surface area contributed by atoms with Gasteiger partial charge in [0.25, 0.3) is 0 Å². The first kappa shape index (κ1) is 9.48. The lowest BCUT2D eigenvalue weighted by Gasteiger charge is -2.39. The predicted molar refractivity (Wildman–Crippen MR) is 56.0 cm³/mol. The summed E-state index contributed by atoms with van der Waals surface area (Å²) in [4.78, 5) is 2.21. The number of aromatic nitrogens is 2. The topological polar surface area (TPSA) is 59.1 Å². The van der Waals surface area contributed by atoms with Gasteiger partial charge in [0.05, 0.1) is 18.1 Å². The van der Waals surface area contributed by atoms with E-state index in [1.54, 1.807) is 4.68 Å². The maximum absolute atomic E-state index is 6.04. The van der Waals surface area contributed by atoms with Crippen molar-refractivity contribution < 1.29 is 0 Å². The Morgan fingerprint density at radius 2 is 2.36 bits per heavy atom. The summed E-state index contributed by atoms with van der Waals surface area (Å²) in [7, 11) is 1.92. The molecule has 0 radical (unpaired) electrons. The smallest absolute Gasteiger partial charge is 0.0901 e. The van der Waals surface area contributed by atoms with E-state index < -0.39 is 0 Å². The number of nitrogens with one attached hydrogen (secondary N) is 1. The van der Waals surface area contributed by atoms with Crippen LogP contribution in [0.25, 0.3) is 0 Å². The molecule has 5 heteroatoms. The van der Waals surface area contributed by atoms with Crippen molar-refractivity contribution in [1.29, 1.82) is 0 Å². The number of aryl methyl sites for hydroxylation is 1. The molecular weight excluding hydrogens is 178 g/mol. The fourth-order valence-electron chi connectivity index (χ4n) is 1.95. The van der Waals surface area contributed by atoms with Crippen molar-refractivity contribution in [2.45, 2.75) is 19.1 Å².